The number of rotatable bonds is 7. The average molecular weight is 433 g/mol. The van der Waals surface area contributed by atoms with Gasteiger partial charge in [-0.15, -0.1) is 0 Å². The molecular weight excluding hydrogens is 410 g/mol. The molecule has 164 valence electrons. The van der Waals surface area contributed by atoms with Gasteiger partial charge in [-0.2, -0.15) is 15.0 Å². The minimum Gasteiger partial charge on any atom is -0.495 e. The number of hydrogen-bond acceptors (Lipinski definition) is 9. The van der Waals surface area contributed by atoms with Crippen molar-refractivity contribution in [3.63, 3.8) is 0 Å². The summed E-state index contributed by atoms with van der Waals surface area (Å²) >= 11 is 0. The van der Waals surface area contributed by atoms with Crippen molar-refractivity contribution >= 4 is 34.5 Å². The van der Waals surface area contributed by atoms with Gasteiger partial charge >= 0.3 is 5.97 Å². The van der Waals surface area contributed by atoms with Crippen molar-refractivity contribution < 1.29 is 18.7 Å². The Morgan fingerprint density at radius 2 is 1.91 bits per heavy atom. The first-order valence-corrected chi connectivity index (χ1v) is 9.96. The standard InChI is InChI=1S/C23H23N5O4/c1-13-8-16-15(11-31-19(16)9-14(13)2)10-21(29)32-12-20-26-22(24)28-23(27-20)25-17-6-4-5-7-18(17)30-3/h4-9,11H,10,12H2,1-3H3,(H3,24,25,26,27,28). The molecule has 0 aliphatic rings. The minimum atomic E-state index is -0.427. The number of carbonyl (C=O) groups is 1. The molecule has 4 aromatic rings. The van der Waals surface area contributed by atoms with Gasteiger partial charge in [-0.1, -0.05) is 12.1 Å². The van der Waals surface area contributed by atoms with E-state index in [2.05, 4.69) is 20.3 Å². The predicted molar refractivity (Wildman–Crippen MR) is 120 cm³/mol. The Kier molecular flexibility index (Phi) is 5.89. The molecule has 0 bridgehead atoms. The van der Waals surface area contributed by atoms with Crippen LogP contribution in [0.5, 0.6) is 5.75 Å². The highest BCUT2D eigenvalue weighted by atomic mass is 16.5. The number of nitrogens with two attached hydrogens (primary N) is 1. The van der Waals surface area contributed by atoms with Crippen LogP contribution in [0.3, 0.4) is 0 Å². The zero-order valence-electron chi connectivity index (χ0n) is 18.0. The highest BCUT2D eigenvalue weighted by Gasteiger charge is 2.14. The van der Waals surface area contributed by atoms with E-state index in [0.717, 1.165) is 27.7 Å². The fraction of sp³-hybridized carbons (Fsp3) is 0.217. The molecule has 9 nitrogen and oxygen atoms in total. The van der Waals surface area contributed by atoms with Crippen LogP contribution in [0.25, 0.3) is 11.0 Å². The van der Waals surface area contributed by atoms with Crippen LogP contribution < -0.4 is 15.8 Å². The monoisotopic (exact) mass is 433 g/mol. The van der Waals surface area contributed by atoms with Gasteiger partial charge < -0.3 is 24.9 Å². The van der Waals surface area contributed by atoms with E-state index in [1.165, 1.54) is 0 Å². The number of aryl methyl sites for hydroxylation is 2. The number of anilines is 3. The smallest absolute Gasteiger partial charge is 0.310 e. The molecular formula is C23H23N5O4. The van der Waals surface area contributed by atoms with Crippen LogP contribution >= 0.6 is 0 Å². The lowest BCUT2D eigenvalue weighted by Crippen LogP contribution is -2.12. The number of aromatic nitrogens is 3. The van der Waals surface area contributed by atoms with Crippen molar-refractivity contribution in [2.45, 2.75) is 26.9 Å². The second kappa shape index (κ2) is 8.93. The van der Waals surface area contributed by atoms with Crippen LogP contribution in [0, 0.1) is 13.8 Å². The first-order valence-electron chi connectivity index (χ1n) is 9.96. The maximum absolute atomic E-state index is 12.4. The molecule has 0 spiro atoms. The Labute approximate surface area is 184 Å². The summed E-state index contributed by atoms with van der Waals surface area (Å²) in [5.74, 6) is 0.656. The van der Waals surface area contributed by atoms with Gasteiger partial charge in [-0.3, -0.25) is 4.79 Å². The summed E-state index contributed by atoms with van der Waals surface area (Å²) in [6, 6.07) is 11.3. The maximum Gasteiger partial charge on any atom is 0.310 e. The lowest BCUT2D eigenvalue weighted by Gasteiger charge is -2.10. The zero-order chi connectivity index (χ0) is 22.7. The molecule has 2 heterocycles. The van der Waals surface area contributed by atoms with Crippen molar-refractivity contribution in [3.8, 4) is 5.75 Å². The quantitative estimate of drug-likeness (QED) is 0.418. The van der Waals surface area contributed by atoms with Crippen LogP contribution in [-0.4, -0.2) is 28.0 Å². The van der Waals surface area contributed by atoms with Crippen LogP contribution in [0.2, 0.25) is 0 Å². The lowest BCUT2D eigenvalue weighted by atomic mass is 10.0. The fourth-order valence-corrected chi connectivity index (χ4v) is 3.25. The molecule has 0 amide bonds. The largest absolute Gasteiger partial charge is 0.495 e. The first-order chi connectivity index (χ1) is 15.4. The third kappa shape index (κ3) is 4.61. The fourth-order valence-electron chi connectivity index (χ4n) is 3.25. The van der Waals surface area contributed by atoms with Crippen molar-refractivity contribution in [2.75, 3.05) is 18.2 Å². The number of furan rings is 1. The van der Waals surface area contributed by atoms with E-state index < -0.39 is 5.97 Å². The van der Waals surface area contributed by atoms with Gasteiger partial charge in [-0.25, -0.2) is 0 Å². The van der Waals surface area contributed by atoms with Crippen molar-refractivity contribution in [1.29, 1.82) is 0 Å². The van der Waals surface area contributed by atoms with Crippen molar-refractivity contribution in [2.24, 2.45) is 0 Å². The van der Waals surface area contributed by atoms with Gasteiger partial charge in [0.1, 0.15) is 11.3 Å². The molecule has 0 saturated heterocycles. The van der Waals surface area contributed by atoms with E-state index >= 15 is 0 Å². The number of carbonyl (C=O) groups excluding carboxylic acids is 1. The number of nitrogen functional groups attached to an aromatic ring is 1. The Morgan fingerprint density at radius 3 is 2.72 bits per heavy atom. The van der Waals surface area contributed by atoms with Gasteiger partial charge in [0.05, 0.1) is 25.5 Å². The number of nitrogens with one attached hydrogen (secondary N) is 1. The Bertz CT molecular complexity index is 1280. The Morgan fingerprint density at radius 1 is 1.12 bits per heavy atom. The summed E-state index contributed by atoms with van der Waals surface area (Å²) in [5, 5.41) is 3.94. The summed E-state index contributed by atoms with van der Waals surface area (Å²) in [5.41, 5.74) is 10.2. The van der Waals surface area contributed by atoms with Gasteiger partial charge in [-0.05, 0) is 49.2 Å². The van der Waals surface area contributed by atoms with Crippen LogP contribution in [0.4, 0.5) is 17.6 Å². The molecule has 3 N–H and O–H groups in total. The molecule has 0 fully saturated rings. The lowest BCUT2D eigenvalue weighted by molar-refractivity contribution is -0.144. The molecule has 0 aliphatic carbocycles. The maximum atomic E-state index is 12.4. The van der Waals surface area contributed by atoms with E-state index in [0.29, 0.717) is 11.4 Å². The number of ether oxygens (including phenoxy) is 2. The Balaban J connectivity index is 1.43. The minimum absolute atomic E-state index is 0.00937. The van der Waals surface area contributed by atoms with Gasteiger partial charge in [0, 0.05) is 10.9 Å². The normalized spacial score (nSPS) is 10.8. The summed E-state index contributed by atoms with van der Waals surface area (Å²) in [6.45, 7) is 3.90. The summed E-state index contributed by atoms with van der Waals surface area (Å²) in [4.78, 5) is 24.8. The molecule has 0 saturated carbocycles. The molecule has 2 aromatic carbocycles. The Hall–Kier alpha value is -4.14. The van der Waals surface area contributed by atoms with Crippen LogP contribution in [0.15, 0.2) is 47.1 Å². The number of benzene rings is 2. The van der Waals surface area contributed by atoms with Crippen molar-refractivity contribution in [1.82, 2.24) is 15.0 Å². The topological polar surface area (TPSA) is 125 Å². The van der Waals surface area contributed by atoms with Gasteiger partial charge in [0.25, 0.3) is 0 Å². The SMILES string of the molecule is COc1ccccc1Nc1nc(N)nc(COC(=O)Cc2coc3cc(C)c(C)cc23)n1. The predicted octanol–water partition coefficient (Wildman–Crippen LogP) is 3.85. The van der Waals surface area contributed by atoms with E-state index in [1.807, 2.05) is 44.2 Å². The second-order valence-electron chi connectivity index (χ2n) is 7.29. The van der Waals surface area contributed by atoms with Crippen molar-refractivity contribution in [3.05, 3.63) is 65.2 Å². The van der Waals surface area contributed by atoms with Crippen LogP contribution in [0.1, 0.15) is 22.5 Å². The molecule has 0 unspecified atom stereocenters. The summed E-state index contributed by atoms with van der Waals surface area (Å²) < 4.78 is 16.3. The molecule has 0 atom stereocenters. The van der Waals surface area contributed by atoms with E-state index in [9.17, 15) is 4.79 Å². The summed E-state index contributed by atoms with van der Waals surface area (Å²) in [7, 11) is 1.57. The number of esters is 1. The second-order valence-corrected chi connectivity index (χ2v) is 7.29. The van der Waals surface area contributed by atoms with E-state index in [-0.39, 0.29) is 30.7 Å². The molecule has 0 aliphatic heterocycles. The average Bonchev–Trinajstić information content (AvgIpc) is 3.14. The van der Waals surface area contributed by atoms with Gasteiger partial charge in [0.2, 0.25) is 11.9 Å². The summed E-state index contributed by atoms with van der Waals surface area (Å²) in [6.07, 6.45) is 1.66. The first kappa shape index (κ1) is 21.1. The number of methoxy groups -OCH3 is 1. The third-order valence-corrected chi connectivity index (χ3v) is 5.02. The molecule has 0 radical (unpaired) electrons. The number of hydrogen-bond donors (Lipinski definition) is 2. The highest BCUT2D eigenvalue weighted by Crippen LogP contribution is 2.26. The number of para-hydroxylation sites is 2. The number of nitrogens with zero attached hydrogens (tertiary/aromatic N) is 3. The third-order valence-electron chi connectivity index (χ3n) is 5.02. The molecule has 32 heavy (non-hydrogen) atoms. The molecule has 9 heteroatoms. The zero-order valence-corrected chi connectivity index (χ0v) is 18.0. The molecule has 4 rings (SSSR count). The highest BCUT2D eigenvalue weighted by molar-refractivity contribution is 5.86. The molecule has 2 aromatic heterocycles. The van der Waals surface area contributed by atoms with Crippen LogP contribution in [-0.2, 0) is 22.6 Å². The number of fused-ring (bicyclic) bond motifs is 1. The van der Waals surface area contributed by atoms with Gasteiger partial charge in [0.15, 0.2) is 12.4 Å². The van der Waals surface area contributed by atoms with E-state index in [4.69, 9.17) is 19.6 Å². The van der Waals surface area contributed by atoms with E-state index in [1.54, 1.807) is 19.4 Å².